The molecular weight excluding hydrogens is 328 g/mol. The summed E-state index contributed by atoms with van der Waals surface area (Å²) in [6.45, 7) is 2.92. The monoisotopic (exact) mass is 347 g/mol. The van der Waals surface area contributed by atoms with Crippen LogP contribution in [0, 0.1) is 18.6 Å². The van der Waals surface area contributed by atoms with Gasteiger partial charge in [0.2, 0.25) is 0 Å². The number of ether oxygens (including phenoxy) is 1. The number of benzene rings is 1. The lowest BCUT2D eigenvalue weighted by molar-refractivity contribution is -0.134. The number of likely N-dealkylation sites (tertiary alicyclic amines) is 1. The zero-order chi connectivity index (χ0) is 17.8. The Labute approximate surface area is 144 Å². The maximum Gasteiger partial charge on any atom is 0.260 e. The molecule has 2 aromatic rings. The molecule has 0 unspecified atom stereocenters. The standard InChI is InChI=1S/C18H19F2N3O2/c1-12-9-21-11-22-18(12)13-4-6-23(7-5-13)17(24)10-25-16-3-2-14(19)8-15(16)20/h2-3,8-9,11,13H,4-7,10H2,1H3. The average Bonchev–Trinajstić information content (AvgIpc) is 2.61. The number of aryl methyl sites for hydroxylation is 1. The van der Waals surface area contributed by atoms with Crippen molar-refractivity contribution in [2.24, 2.45) is 0 Å². The van der Waals surface area contributed by atoms with Crippen LogP contribution in [0.4, 0.5) is 8.78 Å². The summed E-state index contributed by atoms with van der Waals surface area (Å²) in [5, 5.41) is 0. The third-order valence-corrected chi connectivity index (χ3v) is 4.42. The van der Waals surface area contributed by atoms with Gasteiger partial charge in [0.1, 0.15) is 12.1 Å². The van der Waals surface area contributed by atoms with Crippen LogP contribution in [0.5, 0.6) is 5.75 Å². The van der Waals surface area contributed by atoms with E-state index in [1.807, 2.05) is 6.92 Å². The Hall–Kier alpha value is -2.57. The molecule has 0 aliphatic carbocycles. The Kier molecular flexibility index (Phi) is 5.21. The fourth-order valence-electron chi connectivity index (χ4n) is 3.06. The number of carbonyl (C=O) groups excluding carboxylic acids is 1. The second kappa shape index (κ2) is 7.55. The summed E-state index contributed by atoms with van der Waals surface area (Å²) in [6.07, 6.45) is 4.97. The fraction of sp³-hybridized carbons (Fsp3) is 0.389. The number of hydrogen-bond donors (Lipinski definition) is 0. The molecule has 1 aliphatic heterocycles. The summed E-state index contributed by atoms with van der Waals surface area (Å²) in [6, 6.07) is 3.01. The molecule has 0 radical (unpaired) electrons. The lowest BCUT2D eigenvalue weighted by Gasteiger charge is -2.32. The van der Waals surface area contributed by atoms with Crippen molar-refractivity contribution in [3.63, 3.8) is 0 Å². The van der Waals surface area contributed by atoms with Crippen LogP contribution in [0.25, 0.3) is 0 Å². The Bertz CT molecular complexity index is 762. The van der Waals surface area contributed by atoms with E-state index in [4.69, 9.17) is 4.74 Å². The fourth-order valence-corrected chi connectivity index (χ4v) is 3.06. The SMILES string of the molecule is Cc1cncnc1C1CCN(C(=O)COc2ccc(F)cc2F)CC1. The number of amides is 1. The molecule has 0 atom stereocenters. The minimum atomic E-state index is -0.814. The third kappa shape index (κ3) is 4.10. The molecule has 1 saturated heterocycles. The maximum atomic E-state index is 13.5. The summed E-state index contributed by atoms with van der Waals surface area (Å²) in [5.41, 5.74) is 2.09. The molecule has 0 bridgehead atoms. The van der Waals surface area contributed by atoms with Crippen LogP contribution < -0.4 is 4.74 Å². The Morgan fingerprint density at radius 1 is 1.32 bits per heavy atom. The van der Waals surface area contributed by atoms with Crippen molar-refractivity contribution in [1.82, 2.24) is 14.9 Å². The van der Waals surface area contributed by atoms with Gasteiger partial charge in [-0.25, -0.2) is 18.7 Å². The number of piperidine rings is 1. The van der Waals surface area contributed by atoms with Gasteiger partial charge in [-0.2, -0.15) is 0 Å². The molecule has 1 aromatic carbocycles. The van der Waals surface area contributed by atoms with Crippen LogP contribution in [-0.2, 0) is 4.79 Å². The van der Waals surface area contributed by atoms with E-state index >= 15 is 0 Å². The lowest BCUT2D eigenvalue weighted by atomic mass is 9.91. The topological polar surface area (TPSA) is 55.3 Å². The largest absolute Gasteiger partial charge is 0.481 e. The van der Waals surface area contributed by atoms with Gasteiger partial charge in [-0.3, -0.25) is 4.79 Å². The minimum Gasteiger partial charge on any atom is -0.481 e. The van der Waals surface area contributed by atoms with Gasteiger partial charge in [-0.1, -0.05) is 0 Å². The summed E-state index contributed by atoms with van der Waals surface area (Å²) in [5.74, 6) is -1.52. The van der Waals surface area contributed by atoms with Crippen molar-refractivity contribution in [3.8, 4) is 5.75 Å². The highest BCUT2D eigenvalue weighted by Crippen LogP contribution is 2.28. The van der Waals surface area contributed by atoms with Crippen molar-refractivity contribution >= 4 is 5.91 Å². The van der Waals surface area contributed by atoms with Crippen LogP contribution in [0.2, 0.25) is 0 Å². The van der Waals surface area contributed by atoms with E-state index in [2.05, 4.69) is 9.97 Å². The van der Waals surface area contributed by atoms with E-state index < -0.39 is 11.6 Å². The first-order valence-electron chi connectivity index (χ1n) is 8.16. The van der Waals surface area contributed by atoms with Gasteiger partial charge in [0.15, 0.2) is 18.2 Å². The lowest BCUT2D eigenvalue weighted by Crippen LogP contribution is -2.40. The van der Waals surface area contributed by atoms with Crippen molar-refractivity contribution in [3.05, 3.63) is 53.6 Å². The van der Waals surface area contributed by atoms with E-state index in [9.17, 15) is 13.6 Å². The zero-order valence-corrected chi connectivity index (χ0v) is 13.9. The molecule has 0 N–H and O–H groups in total. The minimum absolute atomic E-state index is 0.124. The molecule has 0 saturated carbocycles. The van der Waals surface area contributed by atoms with Gasteiger partial charge >= 0.3 is 0 Å². The van der Waals surface area contributed by atoms with Crippen molar-refractivity contribution in [1.29, 1.82) is 0 Å². The van der Waals surface area contributed by atoms with Crippen molar-refractivity contribution in [2.75, 3.05) is 19.7 Å². The molecule has 132 valence electrons. The normalized spacial score (nSPS) is 15.2. The molecule has 3 rings (SSSR count). The van der Waals surface area contributed by atoms with E-state index in [0.29, 0.717) is 19.0 Å². The molecule has 25 heavy (non-hydrogen) atoms. The van der Waals surface area contributed by atoms with Gasteiger partial charge in [-0.15, -0.1) is 0 Å². The van der Waals surface area contributed by atoms with Gasteiger partial charge in [0.05, 0.1) is 0 Å². The van der Waals surface area contributed by atoms with Crippen molar-refractivity contribution in [2.45, 2.75) is 25.7 Å². The molecule has 1 aromatic heterocycles. The third-order valence-electron chi connectivity index (χ3n) is 4.42. The number of carbonyl (C=O) groups is 1. The van der Waals surface area contributed by atoms with Gasteiger partial charge < -0.3 is 9.64 Å². The molecule has 7 heteroatoms. The summed E-state index contributed by atoms with van der Waals surface area (Å²) in [7, 11) is 0. The first-order chi connectivity index (χ1) is 12.0. The molecule has 1 amide bonds. The summed E-state index contributed by atoms with van der Waals surface area (Å²) >= 11 is 0. The highest BCUT2D eigenvalue weighted by molar-refractivity contribution is 5.77. The highest BCUT2D eigenvalue weighted by atomic mass is 19.1. The summed E-state index contributed by atoms with van der Waals surface area (Å²) < 4.78 is 31.6. The summed E-state index contributed by atoms with van der Waals surface area (Å²) in [4.78, 5) is 22.3. The van der Waals surface area contributed by atoms with Crippen LogP contribution in [0.3, 0.4) is 0 Å². The van der Waals surface area contributed by atoms with Gasteiger partial charge in [-0.05, 0) is 37.5 Å². The van der Waals surface area contributed by atoms with Crippen LogP contribution in [0.15, 0.2) is 30.7 Å². The predicted molar refractivity (Wildman–Crippen MR) is 87.2 cm³/mol. The molecule has 0 spiro atoms. The van der Waals surface area contributed by atoms with Gasteiger partial charge in [0.25, 0.3) is 5.91 Å². The molecule has 1 aliphatic rings. The number of halogens is 2. The predicted octanol–water partition coefficient (Wildman–Crippen LogP) is 2.85. The van der Waals surface area contributed by atoms with E-state index in [1.165, 1.54) is 6.07 Å². The number of hydrogen-bond acceptors (Lipinski definition) is 4. The van der Waals surface area contributed by atoms with Crippen LogP contribution in [0.1, 0.15) is 30.0 Å². The number of aromatic nitrogens is 2. The second-order valence-corrected chi connectivity index (χ2v) is 6.11. The van der Waals surface area contributed by atoms with Crippen LogP contribution >= 0.6 is 0 Å². The maximum absolute atomic E-state index is 13.5. The average molecular weight is 347 g/mol. The quantitative estimate of drug-likeness (QED) is 0.853. The Balaban J connectivity index is 1.52. The first-order valence-corrected chi connectivity index (χ1v) is 8.16. The zero-order valence-electron chi connectivity index (χ0n) is 13.9. The van der Waals surface area contributed by atoms with Crippen molar-refractivity contribution < 1.29 is 18.3 Å². The Morgan fingerprint density at radius 3 is 2.76 bits per heavy atom. The second-order valence-electron chi connectivity index (χ2n) is 6.11. The highest BCUT2D eigenvalue weighted by Gasteiger charge is 2.25. The number of rotatable bonds is 4. The molecule has 1 fully saturated rings. The van der Waals surface area contributed by atoms with Gasteiger partial charge in [0, 0.05) is 37.0 Å². The smallest absolute Gasteiger partial charge is 0.260 e. The van der Waals surface area contributed by atoms with Crippen LogP contribution in [-0.4, -0.2) is 40.5 Å². The first kappa shape index (κ1) is 17.3. The molecule has 5 nitrogen and oxygen atoms in total. The molecule has 2 heterocycles. The van der Waals surface area contributed by atoms with E-state index in [0.717, 1.165) is 36.2 Å². The molecular formula is C18H19F2N3O2. The van der Waals surface area contributed by atoms with E-state index in [1.54, 1.807) is 17.4 Å². The number of nitrogens with zero attached hydrogens (tertiary/aromatic N) is 3. The Morgan fingerprint density at radius 2 is 2.08 bits per heavy atom. The van der Waals surface area contributed by atoms with E-state index in [-0.39, 0.29) is 18.3 Å².